The van der Waals surface area contributed by atoms with Crippen molar-refractivity contribution in [1.29, 1.82) is 0 Å². The molecule has 21 heavy (non-hydrogen) atoms. The molecule has 5 heteroatoms. The van der Waals surface area contributed by atoms with E-state index in [1.54, 1.807) is 6.07 Å². The minimum absolute atomic E-state index is 0.125. The van der Waals surface area contributed by atoms with E-state index in [-0.39, 0.29) is 5.56 Å². The van der Waals surface area contributed by atoms with Gasteiger partial charge in [-0.1, -0.05) is 29.8 Å². The van der Waals surface area contributed by atoms with Gasteiger partial charge in [-0.15, -0.1) is 0 Å². The molecule has 0 unspecified atom stereocenters. The zero-order valence-electron chi connectivity index (χ0n) is 11.5. The fourth-order valence-electron chi connectivity index (χ4n) is 2.18. The highest BCUT2D eigenvalue weighted by molar-refractivity contribution is 6.30. The molecule has 0 fully saturated rings. The lowest BCUT2D eigenvalue weighted by Crippen LogP contribution is -2.14. The number of para-hydroxylation sites is 1. The molecule has 2 N–H and O–H groups in total. The second kappa shape index (κ2) is 5.58. The summed E-state index contributed by atoms with van der Waals surface area (Å²) in [6.45, 7) is 2.43. The van der Waals surface area contributed by atoms with Gasteiger partial charge in [0, 0.05) is 10.7 Å². The van der Waals surface area contributed by atoms with Gasteiger partial charge in [0.05, 0.1) is 17.4 Å². The summed E-state index contributed by atoms with van der Waals surface area (Å²) < 4.78 is 0. The molecule has 0 aliphatic carbocycles. The Bertz CT molecular complexity index is 858. The average molecular weight is 300 g/mol. The highest BCUT2D eigenvalue weighted by Crippen LogP contribution is 2.20. The highest BCUT2D eigenvalue weighted by atomic mass is 35.5. The number of rotatable bonds is 3. The second-order valence-corrected chi connectivity index (χ2v) is 5.28. The Balaban J connectivity index is 1.88. The lowest BCUT2D eigenvalue weighted by atomic mass is 10.2. The summed E-state index contributed by atoms with van der Waals surface area (Å²) in [5.41, 5.74) is 2.59. The van der Waals surface area contributed by atoms with Crippen molar-refractivity contribution in [2.24, 2.45) is 0 Å². The van der Waals surface area contributed by atoms with Gasteiger partial charge in [0.15, 0.2) is 0 Å². The Labute approximate surface area is 126 Å². The third-order valence-corrected chi connectivity index (χ3v) is 3.54. The maximum absolute atomic E-state index is 12.0. The van der Waals surface area contributed by atoms with E-state index in [2.05, 4.69) is 15.3 Å². The SMILES string of the molecule is Cc1ccc(Cl)cc1NCc1nc2ccccc2c(=O)[nH]1. The first kappa shape index (κ1) is 13.6. The molecule has 0 spiro atoms. The predicted octanol–water partition coefficient (Wildman–Crippen LogP) is 3.50. The molecule has 2 aromatic carbocycles. The number of H-pyrrole nitrogens is 1. The van der Waals surface area contributed by atoms with E-state index < -0.39 is 0 Å². The Hall–Kier alpha value is -2.33. The Morgan fingerprint density at radius 1 is 1.24 bits per heavy atom. The molecule has 0 atom stereocenters. The van der Waals surface area contributed by atoms with Crippen LogP contribution in [0, 0.1) is 6.92 Å². The summed E-state index contributed by atoms with van der Waals surface area (Å²) >= 11 is 5.99. The number of benzene rings is 2. The topological polar surface area (TPSA) is 57.8 Å². The van der Waals surface area contributed by atoms with Gasteiger partial charge in [-0.3, -0.25) is 4.79 Å². The van der Waals surface area contributed by atoms with Gasteiger partial charge in [-0.2, -0.15) is 0 Å². The van der Waals surface area contributed by atoms with Crippen LogP contribution in [0.25, 0.3) is 10.9 Å². The number of hydrogen-bond donors (Lipinski definition) is 2. The number of aryl methyl sites for hydroxylation is 1. The minimum atomic E-state index is -0.125. The Morgan fingerprint density at radius 3 is 2.90 bits per heavy atom. The van der Waals surface area contributed by atoms with Crippen molar-refractivity contribution in [3.8, 4) is 0 Å². The minimum Gasteiger partial charge on any atom is -0.378 e. The van der Waals surface area contributed by atoms with Crippen LogP contribution in [0.3, 0.4) is 0 Å². The fraction of sp³-hybridized carbons (Fsp3) is 0.125. The van der Waals surface area contributed by atoms with Crippen LogP contribution in [0.2, 0.25) is 5.02 Å². The lowest BCUT2D eigenvalue weighted by Gasteiger charge is -2.10. The number of halogens is 1. The van der Waals surface area contributed by atoms with Crippen LogP contribution in [-0.4, -0.2) is 9.97 Å². The molecule has 0 radical (unpaired) electrons. The summed E-state index contributed by atoms with van der Waals surface area (Å²) in [6.07, 6.45) is 0. The second-order valence-electron chi connectivity index (χ2n) is 4.84. The smallest absolute Gasteiger partial charge is 0.258 e. The molecule has 0 aliphatic rings. The van der Waals surface area contributed by atoms with E-state index in [4.69, 9.17) is 11.6 Å². The van der Waals surface area contributed by atoms with Crippen molar-refractivity contribution < 1.29 is 0 Å². The summed E-state index contributed by atoms with van der Waals surface area (Å²) in [5.74, 6) is 0.595. The van der Waals surface area contributed by atoms with E-state index in [0.717, 1.165) is 11.3 Å². The Kier molecular flexibility index (Phi) is 3.62. The van der Waals surface area contributed by atoms with Gasteiger partial charge in [0.2, 0.25) is 0 Å². The predicted molar refractivity (Wildman–Crippen MR) is 85.9 cm³/mol. The largest absolute Gasteiger partial charge is 0.378 e. The highest BCUT2D eigenvalue weighted by Gasteiger charge is 2.04. The van der Waals surface area contributed by atoms with Crippen molar-refractivity contribution in [1.82, 2.24) is 9.97 Å². The molecule has 3 aromatic rings. The van der Waals surface area contributed by atoms with E-state index in [1.807, 2.05) is 43.3 Å². The number of anilines is 1. The van der Waals surface area contributed by atoms with Crippen LogP contribution >= 0.6 is 11.6 Å². The maximum Gasteiger partial charge on any atom is 0.258 e. The normalized spacial score (nSPS) is 10.8. The van der Waals surface area contributed by atoms with Crippen LogP contribution in [-0.2, 0) is 6.54 Å². The third-order valence-electron chi connectivity index (χ3n) is 3.31. The maximum atomic E-state index is 12.0. The molecule has 0 amide bonds. The molecule has 0 bridgehead atoms. The summed E-state index contributed by atoms with van der Waals surface area (Å²) in [6, 6.07) is 12.9. The van der Waals surface area contributed by atoms with Crippen molar-refractivity contribution in [3.63, 3.8) is 0 Å². The number of aromatic amines is 1. The van der Waals surface area contributed by atoms with Crippen LogP contribution < -0.4 is 10.9 Å². The quantitative estimate of drug-likeness (QED) is 0.778. The first-order valence-corrected chi connectivity index (χ1v) is 6.99. The standard InChI is InChI=1S/C16H14ClN3O/c1-10-6-7-11(17)8-14(10)18-9-15-19-13-5-3-2-4-12(13)16(21)20-15/h2-8,18H,9H2,1H3,(H,19,20,21). The van der Waals surface area contributed by atoms with Gasteiger partial charge in [-0.25, -0.2) is 4.98 Å². The van der Waals surface area contributed by atoms with Crippen molar-refractivity contribution >= 4 is 28.2 Å². The number of hydrogen-bond acceptors (Lipinski definition) is 3. The first-order valence-electron chi connectivity index (χ1n) is 6.61. The molecule has 106 valence electrons. The van der Waals surface area contributed by atoms with Crippen molar-refractivity contribution in [2.45, 2.75) is 13.5 Å². The summed E-state index contributed by atoms with van der Waals surface area (Å²) in [4.78, 5) is 19.2. The van der Waals surface area contributed by atoms with E-state index >= 15 is 0 Å². The molecule has 0 saturated carbocycles. The molecule has 0 saturated heterocycles. The third kappa shape index (κ3) is 2.90. The van der Waals surface area contributed by atoms with Gasteiger partial charge >= 0.3 is 0 Å². The van der Waals surface area contributed by atoms with Crippen molar-refractivity contribution in [2.75, 3.05) is 5.32 Å². The van der Waals surface area contributed by atoms with Gasteiger partial charge in [-0.05, 0) is 36.8 Å². The first-order chi connectivity index (χ1) is 10.1. The number of nitrogens with one attached hydrogen (secondary N) is 2. The van der Waals surface area contributed by atoms with Gasteiger partial charge in [0.1, 0.15) is 5.82 Å². The average Bonchev–Trinajstić information content (AvgIpc) is 2.48. The monoisotopic (exact) mass is 299 g/mol. The van der Waals surface area contributed by atoms with E-state index in [9.17, 15) is 4.79 Å². The number of aromatic nitrogens is 2. The van der Waals surface area contributed by atoms with E-state index in [0.29, 0.717) is 28.3 Å². The molecular weight excluding hydrogens is 286 g/mol. The summed E-state index contributed by atoms with van der Waals surface area (Å²) in [7, 11) is 0. The summed E-state index contributed by atoms with van der Waals surface area (Å²) in [5, 5.41) is 4.51. The zero-order chi connectivity index (χ0) is 14.8. The van der Waals surface area contributed by atoms with Gasteiger partial charge in [0.25, 0.3) is 5.56 Å². The van der Waals surface area contributed by atoms with Crippen LogP contribution in [0.1, 0.15) is 11.4 Å². The molecular formula is C16H14ClN3O. The zero-order valence-corrected chi connectivity index (χ0v) is 12.2. The van der Waals surface area contributed by atoms with Crippen molar-refractivity contribution in [3.05, 3.63) is 69.2 Å². The van der Waals surface area contributed by atoms with Gasteiger partial charge < -0.3 is 10.3 Å². The van der Waals surface area contributed by atoms with Crippen LogP contribution in [0.4, 0.5) is 5.69 Å². The fourth-order valence-corrected chi connectivity index (χ4v) is 2.35. The number of fused-ring (bicyclic) bond motifs is 1. The molecule has 1 aromatic heterocycles. The van der Waals surface area contributed by atoms with E-state index in [1.165, 1.54) is 0 Å². The number of nitrogens with zero attached hydrogens (tertiary/aromatic N) is 1. The Morgan fingerprint density at radius 2 is 2.05 bits per heavy atom. The molecule has 0 aliphatic heterocycles. The molecule has 3 rings (SSSR count). The lowest BCUT2D eigenvalue weighted by molar-refractivity contribution is 0.952. The van der Waals surface area contributed by atoms with Crippen LogP contribution in [0.15, 0.2) is 47.3 Å². The van der Waals surface area contributed by atoms with Crippen LogP contribution in [0.5, 0.6) is 0 Å². The molecule has 4 nitrogen and oxygen atoms in total. The molecule has 1 heterocycles.